The molecule has 3 heteroatoms. The van der Waals surface area contributed by atoms with Gasteiger partial charge in [-0.2, -0.15) is 0 Å². The van der Waals surface area contributed by atoms with Crippen LogP contribution in [0, 0.1) is 5.92 Å². The Labute approximate surface area is 166 Å². The molecule has 0 aromatic heterocycles. The third kappa shape index (κ3) is 4.04. The molecule has 0 spiro atoms. The van der Waals surface area contributed by atoms with Crippen LogP contribution in [-0.2, 0) is 0 Å². The smallest absolute Gasteiger partial charge is 0.343 e. The molecule has 3 aromatic rings. The molecular formula is C25H26O3. The molecule has 1 aliphatic carbocycles. The van der Waals surface area contributed by atoms with Gasteiger partial charge in [0.15, 0.2) is 0 Å². The van der Waals surface area contributed by atoms with Crippen molar-refractivity contribution >= 4 is 16.7 Å². The number of benzene rings is 3. The van der Waals surface area contributed by atoms with E-state index in [1.165, 1.54) is 31.2 Å². The number of hydrogen-bond acceptors (Lipinski definition) is 3. The zero-order chi connectivity index (χ0) is 19.5. The molecule has 0 unspecified atom stereocenters. The average molecular weight is 374 g/mol. The second-order valence-corrected chi connectivity index (χ2v) is 7.84. The molecule has 3 nitrogen and oxygen atoms in total. The van der Waals surface area contributed by atoms with Crippen LogP contribution in [0.15, 0.2) is 60.7 Å². The Morgan fingerprint density at radius 1 is 0.821 bits per heavy atom. The average Bonchev–Trinajstić information content (AvgIpc) is 2.74. The van der Waals surface area contributed by atoms with Gasteiger partial charge >= 0.3 is 5.97 Å². The quantitative estimate of drug-likeness (QED) is 0.394. The number of rotatable bonds is 4. The number of carbonyl (C=O) groups is 1. The van der Waals surface area contributed by atoms with Crippen molar-refractivity contribution < 1.29 is 14.3 Å². The maximum absolute atomic E-state index is 12.5. The molecule has 0 heterocycles. The van der Waals surface area contributed by atoms with Gasteiger partial charge in [-0.25, -0.2) is 4.79 Å². The minimum absolute atomic E-state index is 0.323. The fourth-order valence-electron chi connectivity index (χ4n) is 4.04. The molecular weight excluding hydrogens is 348 g/mol. The van der Waals surface area contributed by atoms with Gasteiger partial charge in [-0.3, -0.25) is 0 Å². The number of methoxy groups -OCH3 is 1. The van der Waals surface area contributed by atoms with Crippen molar-refractivity contribution in [2.24, 2.45) is 5.92 Å². The predicted octanol–water partition coefficient (Wildman–Crippen LogP) is 6.36. The van der Waals surface area contributed by atoms with E-state index < -0.39 is 0 Å². The van der Waals surface area contributed by atoms with Crippen LogP contribution in [-0.4, -0.2) is 13.1 Å². The van der Waals surface area contributed by atoms with Crippen LogP contribution < -0.4 is 9.47 Å². The van der Waals surface area contributed by atoms with Crippen LogP contribution in [0.3, 0.4) is 0 Å². The topological polar surface area (TPSA) is 35.5 Å². The zero-order valence-electron chi connectivity index (χ0n) is 16.5. The van der Waals surface area contributed by atoms with Gasteiger partial charge in [0.2, 0.25) is 0 Å². The van der Waals surface area contributed by atoms with E-state index in [1.807, 2.05) is 48.5 Å². The van der Waals surface area contributed by atoms with Gasteiger partial charge in [-0.05, 0) is 77.4 Å². The third-order valence-corrected chi connectivity index (χ3v) is 5.86. The number of carbonyl (C=O) groups excluding carboxylic acids is 1. The third-order valence-electron chi connectivity index (χ3n) is 5.86. The molecule has 1 aliphatic rings. The van der Waals surface area contributed by atoms with Crippen molar-refractivity contribution in [2.75, 3.05) is 7.11 Å². The lowest BCUT2D eigenvalue weighted by Gasteiger charge is -2.26. The summed E-state index contributed by atoms with van der Waals surface area (Å²) in [5.41, 5.74) is 1.92. The lowest BCUT2D eigenvalue weighted by molar-refractivity contribution is 0.0735. The van der Waals surface area contributed by atoms with Crippen molar-refractivity contribution in [2.45, 2.75) is 38.5 Å². The number of hydrogen-bond donors (Lipinski definition) is 0. The van der Waals surface area contributed by atoms with Crippen molar-refractivity contribution in [1.82, 2.24) is 0 Å². The molecule has 0 N–H and O–H groups in total. The Morgan fingerprint density at radius 2 is 1.43 bits per heavy atom. The van der Waals surface area contributed by atoms with E-state index in [9.17, 15) is 4.79 Å². The second kappa shape index (κ2) is 8.05. The molecule has 0 radical (unpaired) electrons. The molecule has 0 saturated heterocycles. The molecule has 1 saturated carbocycles. The first-order chi connectivity index (χ1) is 13.6. The van der Waals surface area contributed by atoms with Crippen LogP contribution in [0.4, 0.5) is 0 Å². The highest BCUT2D eigenvalue weighted by atomic mass is 16.5. The Kier molecular flexibility index (Phi) is 5.34. The monoisotopic (exact) mass is 374 g/mol. The van der Waals surface area contributed by atoms with Crippen LogP contribution >= 0.6 is 0 Å². The summed E-state index contributed by atoms with van der Waals surface area (Å²) in [6.45, 7) is 2.33. The summed E-state index contributed by atoms with van der Waals surface area (Å²) in [4.78, 5) is 12.5. The normalized spacial score (nSPS) is 19.4. The van der Waals surface area contributed by atoms with Gasteiger partial charge in [0.1, 0.15) is 11.5 Å². The molecule has 0 amide bonds. The summed E-state index contributed by atoms with van der Waals surface area (Å²) in [7, 11) is 1.65. The fourth-order valence-corrected chi connectivity index (χ4v) is 4.04. The Balaban J connectivity index is 1.45. The Morgan fingerprint density at radius 3 is 2.07 bits per heavy atom. The highest BCUT2D eigenvalue weighted by Gasteiger charge is 2.20. The summed E-state index contributed by atoms with van der Waals surface area (Å²) in [5, 5.41) is 2.05. The lowest BCUT2D eigenvalue weighted by Crippen LogP contribution is -2.12. The maximum atomic E-state index is 12.5. The number of ether oxygens (including phenoxy) is 2. The van der Waals surface area contributed by atoms with Gasteiger partial charge in [-0.15, -0.1) is 0 Å². The summed E-state index contributed by atoms with van der Waals surface area (Å²) in [6.07, 6.45) is 5.07. The summed E-state index contributed by atoms with van der Waals surface area (Å²) in [6, 6.07) is 19.4. The van der Waals surface area contributed by atoms with Crippen LogP contribution in [0.25, 0.3) is 10.8 Å². The molecule has 0 bridgehead atoms. The lowest BCUT2D eigenvalue weighted by atomic mass is 9.79. The SMILES string of the molecule is COc1ccc2cc(OC(=O)c3ccc(C4CCC(C)CC4)cc3)ccc2c1. The van der Waals surface area contributed by atoms with Crippen LogP contribution in [0.1, 0.15) is 54.4 Å². The zero-order valence-corrected chi connectivity index (χ0v) is 16.5. The first-order valence-electron chi connectivity index (χ1n) is 10.0. The van der Waals surface area contributed by atoms with Gasteiger partial charge < -0.3 is 9.47 Å². The van der Waals surface area contributed by atoms with Crippen molar-refractivity contribution in [3.8, 4) is 11.5 Å². The molecule has 28 heavy (non-hydrogen) atoms. The van der Waals surface area contributed by atoms with Gasteiger partial charge in [0, 0.05) is 0 Å². The highest BCUT2D eigenvalue weighted by Crippen LogP contribution is 2.35. The molecule has 1 fully saturated rings. The summed E-state index contributed by atoms with van der Waals surface area (Å²) < 4.78 is 10.8. The number of fused-ring (bicyclic) bond motifs is 1. The van der Waals surface area contributed by atoms with E-state index in [2.05, 4.69) is 19.1 Å². The van der Waals surface area contributed by atoms with Gasteiger partial charge in [-0.1, -0.05) is 44.0 Å². The van der Waals surface area contributed by atoms with E-state index in [0.717, 1.165) is 22.4 Å². The largest absolute Gasteiger partial charge is 0.497 e. The highest BCUT2D eigenvalue weighted by molar-refractivity contribution is 5.92. The summed E-state index contributed by atoms with van der Waals surface area (Å²) in [5.74, 6) is 2.50. The van der Waals surface area contributed by atoms with E-state index >= 15 is 0 Å². The van der Waals surface area contributed by atoms with Crippen molar-refractivity contribution in [3.63, 3.8) is 0 Å². The van der Waals surface area contributed by atoms with E-state index in [1.54, 1.807) is 7.11 Å². The predicted molar refractivity (Wildman–Crippen MR) is 112 cm³/mol. The van der Waals surface area contributed by atoms with Gasteiger partial charge in [0.25, 0.3) is 0 Å². The van der Waals surface area contributed by atoms with E-state index in [-0.39, 0.29) is 5.97 Å². The molecule has 0 aliphatic heterocycles. The molecule has 4 rings (SSSR count). The standard InChI is InChI=1S/C25H26O3/c1-17-3-5-18(6-4-17)19-7-9-20(10-8-19)25(26)28-24-14-12-21-15-23(27-2)13-11-22(21)16-24/h7-18H,3-6H2,1-2H3. The first kappa shape index (κ1) is 18.5. The summed E-state index contributed by atoms with van der Waals surface area (Å²) >= 11 is 0. The minimum atomic E-state index is -0.323. The molecule has 3 aromatic carbocycles. The fraction of sp³-hybridized carbons (Fsp3) is 0.320. The van der Waals surface area contributed by atoms with Gasteiger partial charge in [0.05, 0.1) is 12.7 Å². The van der Waals surface area contributed by atoms with Crippen molar-refractivity contribution in [3.05, 3.63) is 71.8 Å². The second-order valence-electron chi connectivity index (χ2n) is 7.84. The van der Waals surface area contributed by atoms with Crippen molar-refractivity contribution in [1.29, 1.82) is 0 Å². The number of esters is 1. The maximum Gasteiger partial charge on any atom is 0.343 e. The Bertz CT molecular complexity index is 967. The molecule has 144 valence electrons. The van der Waals surface area contributed by atoms with E-state index in [4.69, 9.17) is 9.47 Å². The molecule has 0 atom stereocenters. The van der Waals surface area contributed by atoms with Crippen LogP contribution in [0.5, 0.6) is 11.5 Å². The first-order valence-corrected chi connectivity index (χ1v) is 10.0. The van der Waals surface area contributed by atoms with E-state index in [0.29, 0.717) is 17.2 Å². The van der Waals surface area contributed by atoms with Crippen LogP contribution in [0.2, 0.25) is 0 Å². The Hall–Kier alpha value is -2.81. The minimum Gasteiger partial charge on any atom is -0.497 e.